The molecule has 21 heavy (non-hydrogen) atoms. The molecule has 1 fully saturated rings. The van der Waals surface area contributed by atoms with E-state index in [1.54, 1.807) is 11.0 Å². The topological polar surface area (TPSA) is 61.4 Å². The van der Waals surface area contributed by atoms with Gasteiger partial charge in [0.2, 0.25) is 11.8 Å². The minimum Gasteiger partial charge on any atom is -0.351 e. The highest BCUT2D eigenvalue weighted by Crippen LogP contribution is 2.30. The number of nitrogens with one attached hydrogen (secondary N) is 2. The van der Waals surface area contributed by atoms with Crippen molar-refractivity contribution >= 4 is 29.1 Å². The number of para-hydroxylation sites is 1. The molecule has 1 aromatic carbocycles. The van der Waals surface area contributed by atoms with Crippen LogP contribution >= 0.6 is 11.6 Å². The number of imide groups is 1. The number of piperazine rings is 1. The number of carbonyl (C=O) groups excluding carboxylic acids is 2. The van der Waals surface area contributed by atoms with Crippen LogP contribution in [0.25, 0.3) is 0 Å². The predicted molar refractivity (Wildman–Crippen MR) is 83.4 cm³/mol. The maximum atomic E-state index is 11.6. The number of hydrogen-bond donors (Lipinski definition) is 2. The van der Waals surface area contributed by atoms with Crippen molar-refractivity contribution in [2.24, 2.45) is 0 Å². The molecule has 1 aromatic rings. The molecule has 1 aliphatic heterocycles. The molecule has 0 spiro atoms. The average Bonchev–Trinajstić information content (AvgIpc) is 2.34. The Hall–Kier alpha value is -1.59. The number of carbonyl (C=O) groups is 2. The smallest absolute Gasteiger partial charge is 0.246 e. The van der Waals surface area contributed by atoms with E-state index < -0.39 is 0 Å². The predicted octanol–water partition coefficient (Wildman–Crippen LogP) is 1.69. The second-order valence-electron chi connectivity index (χ2n) is 6.18. The van der Waals surface area contributed by atoms with E-state index >= 15 is 0 Å². The Kier molecular flexibility index (Phi) is 4.54. The van der Waals surface area contributed by atoms with Crippen molar-refractivity contribution in [2.75, 3.05) is 18.0 Å². The molecule has 1 heterocycles. The lowest BCUT2D eigenvalue weighted by Crippen LogP contribution is -2.52. The van der Waals surface area contributed by atoms with Crippen molar-refractivity contribution in [3.8, 4) is 0 Å². The third-order valence-corrected chi connectivity index (χ3v) is 3.45. The van der Waals surface area contributed by atoms with Gasteiger partial charge in [0.05, 0.1) is 23.8 Å². The highest BCUT2D eigenvalue weighted by molar-refractivity contribution is 6.33. The normalized spacial score (nSPS) is 16.1. The summed E-state index contributed by atoms with van der Waals surface area (Å²) in [6.07, 6.45) is 0. The molecule has 0 bridgehead atoms. The van der Waals surface area contributed by atoms with Gasteiger partial charge in [-0.15, -0.1) is 0 Å². The summed E-state index contributed by atoms with van der Waals surface area (Å²) in [7, 11) is 0. The van der Waals surface area contributed by atoms with E-state index in [-0.39, 0.29) is 30.4 Å². The zero-order valence-electron chi connectivity index (χ0n) is 12.5. The number of rotatable bonds is 3. The van der Waals surface area contributed by atoms with E-state index in [0.717, 1.165) is 11.3 Å². The third-order valence-electron chi connectivity index (χ3n) is 3.14. The van der Waals surface area contributed by atoms with E-state index in [1.807, 2.05) is 12.1 Å². The lowest BCUT2D eigenvalue weighted by atomic mass is 10.1. The molecule has 0 unspecified atom stereocenters. The molecule has 2 amide bonds. The molecule has 114 valence electrons. The summed E-state index contributed by atoms with van der Waals surface area (Å²) in [4.78, 5) is 24.9. The van der Waals surface area contributed by atoms with E-state index in [1.165, 1.54) is 0 Å². The second kappa shape index (κ2) is 6.03. The summed E-state index contributed by atoms with van der Waals surface area (Å²) in [6, 6.07) is 5.60. The Morgan fingerprint density at radius 1 is 1.24 bits per heavy atom. The van der Waals surface area contributed by atoms with Crippen LogP contribution in [0.4, 0.5) is 5.69 Å². The summed E-state index contributed by atoms with van der Waals surface area (Å²) in [5, 5.41) is 6.24. The zero-order valence-corrected chi connectivity index (χ0v) is 13.3. The van der Waals surface area contributed by atoms with Crippen molar-refractivity contribution in [3.05, 3.63) is 28.8 Å². The molecule has 2 N–H and O–H groups in total. The Morgan fingerprint density at radius 3 is 2.43 bits per heavy atom. The molecular formula is C15H20ClN3O2. The number of hydrogen-bond acceptors (Lipinski definition) is 4. The number of amides is 2. The van der Waals surface area contributed by atoms with Crippen LogP contribution in [0.2, 0.25) is 5.02 Å². The summed E-state index contributed by atoms with van der Waals surface area (Å²) >= 11 is 6.30. The Bertz CT molecular complexity index is 551. The molecule has 5 nitrogen and oxygen atoms in total. The standard InChI is InChI=1S/C15H20ClN3O2/c1-15(2,3)17-7-10-5-4-6-11(16)14(10)19-8-12(20)18-13(21)9-19/h4-6,17H,7-9H2,1-3H3,(H,18,20,21). The molecular weight excluding hydrogens is 290 g/mol. The first kappa shape index (κ1) is 15.8. The van der Waals surface area contributed by atoms with Gasteiger partial charge in [0.1, 0.15) is 0 Å². The molecule has 0 atom stereocenters. The third kappa shape index (κ3) is 4.19. The first-order valence-corrected chi connectivity index (χ1v) is 7.24. The highest BCUT2D eigenvalue weighted by Gasteiger charge is 2.26. The van der Waals surface area contributed by atoms with Gasteiger partial charge >= 0.3 is 0 Å². The first-order chi connectivity index (χ1) is 9.76. The zero-order chi connectivity index (χ0) is 15.6. The molecule has 1 aliphatic rings. The second-order valence-corrected chi connectivity index (χ2v) is 6.59. The van der Waals surface area contributed by atoms with Crippen LogP contribution in [0, 0.1) is 0 Å². The lowest BCUT2D eigenvalue weighted by Gasteiger charge is -2.31. The number of nitrogens with zero attached hydrogens (tertiary/aromatic N) is 1. The van der Waals surface area contributed by atoms with Crippen molar-refractivity contribution in [2.45, 2.75) is 32.9 Å². The maximum Gasteiger partial charge on any atom is 0.246 e. The van der Waals surface area contributed by atoms with Gasteiger partial charge in [0.25, 0.3) is 0 Å². The summed E-state index contributed by atoms with van der Waals surface area (Å²) in [5.74, 6) is -0.609. The maximum absolute atomic E-state index is 11.6. The van der Waals surface area contributed by atoms with Gasteiger partial charge in [-0.3, -0.25) is 14.9 Å². The summed E-state index contributed by atoms with van der Waals surface area (Å²) in [6.45, 7) is 7.13. The van der Waals surface area contributed by atoms with Gasteiger partial charge in [-0.2, -0.15) is 0 Å². The number of anilines is 1. The monoisotopic (exact) mass is 309 g/mol. The van der Waals surface area contributed by atoms with Crippen molar-refractivity contribution in [1.82, 2.24) is 10.6 Å². The average molecular weight is 310 g/mol. The fourth-order valence-corrected chi connectivity index (χ4v) is 2.53. The molecule has 0 aromatic heterocycles. The molecule has 1 saturated heterocycles. The van der Waals surface area contributed by atoms with Crippen molar-refractivity contribution in [3.63, 3.8) is 0 Å². The Balaban J connectivity index is 2.29. The molecule has 2 rings (SSSR count). The van der Waals surface area contributed by atoms with Crippen LogP contribution in [0.15, 0.2) is 18.2 Å². The van der Waals surface area contributed by atoms with Gasteiger partial charge < -0.3 is 10.2 Å². The summed E-state index contributed by atoms with van der Waals surface area (Å²) in [5.41, 5.74) is 1.69. The van der Waals surface area contributed by atoms with Crippen LogP contribution in [0.3, 0.4) is 0 Å². The number of benzene rings is 1. The minimum atomic E-state index is -0.305. The van der Waals surface area contributed by atoms with E-state index in [4.69, 9.17) is 11.6 Å². The Labute approximate surface area is 129 Å². The van der Waals surface area contributed by atoms with E-state index in [9.17, 15) is 9.59 Å². The van der Waals surface area contributed by atoms with Crippen molar-refractivity contribution < 1.29 is 9.59 Å². The van der Waals surface area contributed by atoms with Crippen LogP contribution in [0.5, 0.6) is 0 Å². The fourth-order valence-electron chi connectivity index (χ4n) is 2.21. The van der Waals surface area contributed by atoms with E-state index in [2.05, 4.69) is 31.4 Å². The quantitative estimate of drug-likeness (QED) is 0.834. The molecule has 0 aliphatic carbocycles. The van der Waals surface area contributed by atoms with Crippen LogP contribution in [-0.2, 0) is 16.1 Å². The molecule has 0 radical (unpaired) electrons. The van der Waals surface area contributed by atoms with Gasteiger partial charge in [-0.1, -0.05) is 23.7 Å². The molecule has 6 heteroatoms. The van der Waals surface area contributed by atoms with Gasteiger partial charge in [-0.05, 0) is 32.4 Å². The SMILES string of the molecule is CC(C)(C)NCc1cccc(Cl)c1N1CC(=O)NC(=O)C1. The highest BCUT2D eigenvalue weighted by atomic mass is 35.5. The molecule has 0 saturated carbocycles. The summed E-state index contributed by atoms with van der Waals surface area (Å²) < 4.78 is 0. The largest absolute Gasteiger partial charge is 0.351 e. The van der Waals surface area contributed by atoms with Gasteiger partial charge in [-0.25, -0.2) is 0 Å². The minimum absolute atomic E-state index is 0.0331. The van der Waals surface area contributed by atoms with Crippen LogP contribution in [0.1, 0.15) is 26.3 Å². The van der Waals surface area contributed by atoms with Gasteiger partial charge in [0, 0.05) is 12.1 Å². The Morgan fingerprint density at radius 2 is 1.86 bits per heavy atom. The van der Waals surface area contributed by atoms with Crippen LogP contribution in [-0.4, -0.2) is 30.4 Å². The van der Waals surface area contributed by atoms with Crippen LogP contribution < -0.4 is 15.5 Å². The first-order valence-electron chi connectivity index (χ1n) is 6.86. The van der Waals surface area contributed by atoms with Crippen molar-refractivity contribution in [1.29, 1.82) is 0 Å². The van der Waals surface area contributed by atoms with Gasteiger partial charge in [0.15, 0.2) is 0 Å². The fraction of sp³-hybridized carbons (Fsp3) is 0.467. The van der Waals surface area contributed by atoms with E-state index in [0.29, 0.717) is 11.6 Å². The number of halogens is 1. The lowest BCUT2D eigenvalue weighted by molar-refractivity contribution is -0.130.